The summed E-state index contributed by atoms with van der Waals surface area (Å²) in [6.45, 7) is 6.86. The fourth-order valence-electron chi connectivity index (χ4n) is 2.71. The molecule has 1 saturated heterocycles. The zero-order valence-corrected chi connectivity index (χ0v) is 17.3. The first-order chi connectivity index (χ1) is 13.8. The quantitative estimate of drug-likeness (QED) is 0.361. The van der Waals surface area contributed by atoms with E-state index in [1.807, 2.05) is 30.3 Å². The first kappa shape index (κ1) is 23.1. The Bertz CT molecular complexity index is 628. The third kappa shape index (κ3) is 9.71. The summed E-state index contributed by atoms with van der Waals surface area (Å²) in [4.78, 5) is 34.3. The van der Waals surface area contributed by atoms with Crippen molar-refractivity contribution in [3.8, 4) is 0 Å². The maximum atomic E-state index is 12.1. The third-order valence-corrected chi connectivity index (χ3v) is 4.11. The Balaban J connectivity index is 1.51. The number of piperidine rings is 1. The Morgan fingerprint density at radius 2 is 1.90 bits per heavy atom. The lowest BCUT2D eigenvalue weighted by Gasteiger charge is -2.29. The van der Waals surface area contributed by atoms with E-state index in [0.717, 1.165) is 12.0 Å². The Labute approximate surface area is 171 Å². The van der Waals surface area contributed by atoms with Crippen molar-refractivity contribution in [3.05, 3.63) is 35.9 Å². The number of benzene rings is 1. The van der Waals surface area contributed by atoms with Gasteiger partial charge in [-0.05, 0) is 39.2 Å². The summed E-state index contributed by atoms with van der Waals surface area (Å²) >= 11 is 0. The van der Waals surface area contributed by atoms with E-state index < -0.39 is 11.7 Å². The highest BCUT2D eigenvalue weighted by molar-refractivity contribution is 5.80. The highest BCUT2D eigenvalue weighted by atomic mass is 16.7. The van der Waals surface area contributed by atoms with Crippen molar-refractivity contribution in [2.24, 2.45) is 0 Å². The summed E-state index contributed by atoms with van der Waals surface area (Å²) in [6, 6.07) is 9.74. The molecule has 2 rings (SSSR count). The van der Waals surface area contributed by atoms with Gasteiger partial charge in [-0.25, -0.2) is 10.3 Å². The zero-order chi connectivity index (χ0) is 21.1. The van der Waals surface area contributed by atoms with Gasteiger partial charge in [0.2, 0.25) is 0 Å². The van der Waals surface area contributed by atoms with E-state index in [0.29, 0.717) is 19.6 Å². The van der Waals surface area contributed by atoms with Crippen LogP contribution in [0.25, 0.3) is 0 Å². The zero-order valence-electron chi connectivity index (χ0n) is 17.3. The van der Waals surface area contributed by atoms with Gasteiger partial charge >= 0.3 is 6.09 Å². The number of carbonyl (C=O) groups excluding carboxylic acids is 2. The van der Waals surface area contributed by atoms with Crippen LogP contribution < -0.4 is 21.6 Å². The van der Waals surface area contributed by atoms with Gasteiger partial charge in [0.15, 0.2) is 0 Å². The molecule has 1 aromatic carbocycles. The second-order valence-corrected chi connectivity index (χ2v) is 7.87. The normalized spacial score (nSPS) is 19.4. The molecule has 0 radical (unpaired) electrons. The highest BCUT2D eigenvalue weighted by Crippen LogP contribution is 2.09. The molecule has 2 amide bonds. The molecule has 2 atom stereocenters. The van der Waals surface area contributed by atoms with Gasteiger partial charge in [-0.15, -0.1) is 0 Å². The van der Waals surface area contributed by atoms with Gasteiger partial charge < -0.3 is 15.4 Å². The maximum Gasteiger partial charge on any atom is 0.407 e. The highest BCUT2D eigenvalue weighted by Gasteiger charge is 2.26. The molecule has 1 aliphatic heterocycles. The Hall–Kier alpha value is -2.20. The van der Waals surface area contributed by atoms with Crippen LogP contribution in [0.5, 0.6) is 0 Å². The van der Waals surface area contributed by atoms with Crippen LogP contribution in [0, 0.1) is 0 Å². The fraction of sp³-hybridized carbons (Fsp3) is 0.600. The van der Waals surface area contributed by atoms with Crippen molar-refractivity contribution in [1.29, 1.82) is 0 Å². The van der Waals surface area contributed by atoms with Crippen LogP contribution in [0.15, 0.2) is 30.3 Å². The van der Waals surface area contributed by atoms with Gasteiger partial charge in [-0.2, -0.15) is 5.48 Å². The van der Waals surface area contributed by atoms with Crippen LogP contribution in [0.2, 0.25) is 0 Å². The van der Waals surface area contributed by atoms with Crippen LogP contribution in [0.4, 0.5) is 4.79 Å². The molecule has 9 heteroatoms. The summed E-state index contributed by atoms with van der Waals surface area (Å²) in [5.41, 5.74) is 5.99. The molecule has 1 heterocycles. The number of hydrogen-bond donors (Lipinski definition) is 4. The summed E-state index contributed by atoms with van der Waals surface area (Å²) < 4.78 is 5.10. The Kier molecular flexibility index (Phi) is 9.33. The average molecular weight is 408 g/mol. The van der Waals surface area contributed by atoms with Gasteiger partial charge in [0.05, 0.1) is 19.3 Å². The number of nitrogens with one attached hydrogen (secondary N) is 4. The number of alkyl carbamates (subject to hydrolysis) is 1. The van der Waals surface area contributed by atoms with Crippen LogP contribution in [-0.4, -0.2) is 49.4 Å². The molecule has 9 nitrogen and oxygen atoms in total. The van der Waals surface area contributed by atoms with E-state index in [-0.39, 0.29) is 31.1 Å². The molecule has 0 spiro atoms. The largest absolute Gasteiger partial charge is 0.444 e. The minimum atomic E-state index is -0.550. The SMILES string of the molecule is CC(C)(C)OC(=O)NCCONC(=O)[C@@H]1CCC(NOCc2ccccc2)CN1. The van der Waals surface area contributed by atoms with Gasteiger partial charge in [0.1, 0.15) is 5.60 Å². The summed E-state index contributed by atoms with van der Waals surface area (Å²) in [5.74, 6) is -0.231. The number of ether oxygens (including phenoxy) is 1. The van der Waals surface area contributed by atoms with E-state index in [1.165, 1.54) is 0 Å². The average Bonchev–Trinajstić information content (AvgIpc) is 2.67. The van der Waals surface area contributed by atoms with Crippen molar-refractivity contribution in [3.63, 3.8) is 0 Å². The molecule has 1 aromatic rings. The lowest BCUT2D eigenvalue weighted by molar-refractivity contribution is -0.136. The molecular formula is C20H32N4O5. The van der Waals surface area contributed by atoms with Crippen molar-refractivity contribution < 1.29 is 24.0 Å². The van der Waals surface area contributed by atoms with Crippen LogP contribution in [0.3, 0.4) is 0 Å². The maximum absolute atomic E-state index is 12.1. The van der Waals surface area contributed by atoms with Gasteiger partial charge in [0.25, 0.3) is 5.91 Å². The molecule has 4 N–H and O–H groups in total. The molecular weight excluding hydrogens is 376 g/mol. The first-order valence-corrected chi connectivity index (χ1v) is 9.86. The van der Waals surface area contributed by atoms with E-state index in [2.05, 4.69) is 21.6 Å². The molecule has 0 aliphatic carbocycles. The summed E-state index contributed by atoms with van der Waals surface area (Å²) in [6.07, 6.45) is 0.951. The van der Waals surface area contributed by atoms with Gasteiger partial charge in [0, 0.05) is 19.1 Å². The minimum Gasteiger partial charge on any atom is -0.444 e. The van der Waals surface area contributed by atoms with E-state index in [4.69, 9.17) is 14.4 Å². The summed E-state index contributed by atoms with van der Waals surface area (Å²) in [7, 11) is 0. The third-order valence-electron chi connectivity index (χ3n) is 4.11. The molecule has 0 saturated carbocycles. The molecule has 162 valence electrons. The molecule has 29 heavy (non-hydrogen) atoms. The lowest BCUT2D eigenvalue weighted by atomic mass is 10.0. The van der Waals surface area contributed by atoms with E-state index >= 15 is 0 Å². The monoisotopic (exact) mass is 408 g/mol. The van der Waals surface area contributed by atoms with Crippen molar-refractivity contribution >= 4 is 12.0 Å². The number of amides is 2. The number of carbonyl (C=O) groups is 2. The Morgan fingerprint density at radius 1 is 1.14 bits per heavy atom. The smallest absolute Gasteiger partial charge is 0.407 e. The number of hydrogen-bond acceptors (Lipinski definition) is 7. The predicted octanol–water partition coefficient (Wildman–Crippen LogP) is 1.40. The van der Waals surface area contributed by atoms with Crippen LogP contribution in [-0.2, 0) is 25.8 Å². The fourth-order valence-corrected chi connectivity index (χ4v) is 2.71. The number of rotatable bonds is 9. The van der Waals surface area contributed by atoms with Gasteiger partial charge in [-0.1, -0.05) is 30.3 Å². The summed E-state index contributed by atoms with van der Waals surface area (Å²) in [5, 5.41) is 5.73. The molecule has 0 bridgehead atoms. The van der Waals surface area contributed by atoms with E-state index in [9.17, 15) is 9.59 Å². The Morgan fingerprint density at radius 3 is 2.55 bits per heavy atom. The minimum absolute atomic E-state index is 0.140. The molecule has 1 unspecified atom stereocenters. The second kappa shape index (κ2) is 11.7. The molecule has 1 aliphatic rings. The molecule has 0 aromatic heterocycles. The van der Waals surface area contributed by atoms with Crippen molar-refractivity contribution in [2.75, 3.05) is 19.7 Å². The predicted molar refractivity (Wildman–Crippen MR) is 108 cm³/mol. The van der Waals surface area contributed by atoms with Gasteiger partial charge in [-0.3, -0.25) is 14.5 Å². The lowest BCUT2D eigenvalue weighted by Crippen LogP contribution is -2.53. The molecule has 1 fully saturated rings. The van der Waals surface area contributed by atoms with Crippen molar-refractivity contribution in [2.45, 2.75) is 57.9 Å². The van der Waals surface area contributed by atoms with Crippen LogP contribution in [0.1, 0.15) is 39.2 Å². The number of hydroxylamine groups is 2. The van der Waals surface area contributed by atoms with Crippen molar-refractivity contribution in [1.82, 2.24) is 21.6 Å². The topological polar surface area (TPSA) is 110 Å². The second-order valence-electron chi connectivity index (χ2n) is 7.87. The van der Waals surface area contributed by atoms with Crippen LogP contribution >= 0.6 is 0 Å². The van der Waals surface area contributed by atoms with E-state index in [1.54, 1.807) is 20.8 Å². The standard InChI is InChI=1S/C20H32N4O5/c1-20(2,3)29-19(26)21-11-12-27-24-18(25)17-10-9-16(13-22-17)23-28-14-15-7-5-4-6-8-15/h4-8,16-17,22-23H,9-14H2,1-3H3,(H,21,26)(H,24,25)/t16?,17-/m0/s1. The first-order valence-electron chi connectivity index (χ1n) is 9.86.